The van der Waals surface area contributed by atoms with Gasteiger partial charge in [-0.05, 0) is 54.3 Å². The van der Waals surface area contributed by atoms with E-state index in [4.69, 9.17) is 5.73 Å². The summed E-state index contributed by atoms with van der Waals surface area (Å²) in [5.74, 6) is -0.721. The van der Waals surface area contributed by atoms with Gasteiger partial charge in [-0.3, -0.25) is 14.6 Å². The Morgan fingerprint density at radius 3 is 2.53 bits per heavy atom. The third-order valence-corrected chi connectivity index (χ3v) is 5.83. The van der Waals surface area contributed by atoms with Gasteiger partial charge < -0.3 is 16.0 Å². The van der Waals surface area contributed by atoms with Crippen LogP contribution in [0, 0.1) is 5.82 Å². The Hall–Kier alpha value is -3.58. The smallest absolute Gasteiger partial charge is 0.255 e. The molecule has 2 heterocycles. The molecule has 1 aliphatic rings. The quantitative estimate of drug-likeness (QED) is 0.622. The number of nitrogens with two attached hydrogens (primary N) is 1. The molecule has 2 atom stereocenters. The third kappa shape index (κ3) is 4.84. The first-order valence-electron chi connectivity index (χ1n) is 10.6. The van der Waals surface area contributed by atoms with Gasteiger partial charge in [-0.2, -0.15) is 0 Å². The highest BCUT2D eigenvalue weighted by molar-refractivity contribution is 6.04. The minimum Gasteiger partial charge on any atom is -0.338 e. The van der Waals surface area contributed by atoms with Crippen molar-refractivity contribution in [3.63, 3.8) is 0 Å². The van der Waals surface area contributed by atoms with E-state index < -0.39 is 0 Å². The lowest BCUT2D eigenvalue weighted by Gasteiger charge is -2.30. The fourth-order valence-electron chi connectivity index (χ4n) is 4.10. The number of carbonyl (C=O) groups excluding carboxylic acids is 2. The molecule has 0 bridgehead atoms. The summed E-state index contributed by atoms with van der Waals surface area (Å²) >= 11 is 0. The number of nitrogens with zero attached hydrogens (tertiary/aromatic N) is 2. The van der Waals surface area contributed by atoms with Crippen LogP contribution < -0.4 is 11.1 Å². The molecule has 0 saturated carbocycles. The molecule has 3 aromatic rings. The molecule has 1 fully saturated rings. The lowest BCUT2D eigenvalue weighted by atomic mass is 9.96. The zero-order chi connectivity index (χ0) is 22.5. The van der Waals surface area contributed by atoms with E-state index in [-0.39, 0.29) is 36.1 Å². The first-order chi connectivity index (χ1) is 15.5. The van der Waals surface area contributed by atoms with Crippen molar-refractivity contribution in [2.45, 2.75) is 31.3 Å². The second-order valence-electron chi connectivity index (χ2n) is 7.90. The van der Waals surface area contributed by atoms with Crippen molar-refractivity contribution in [1.29, 1.82) is 0 Å². The minimum absolute atomic E-state index is 0.0179. The van der Waals surface area contributed by atoms with Crippen molar-refractivity contribution >= 4 is 17.5 Å². The van der Waals surface area contributed by atoms with Gasteiger partial charge in [0.25, 0.3) is 5.91 Å². The number of anilines is 1. The van der Waals surface area contributed by atoms with Crippen molar-refractivity contribution in [2.24, 2.45) is 5.73 Å². The van der Waals surface area contributed by atoms with E-state index in [1.165, 1.54) is 6.07 Å². The molecule has 3 N–H and O–H groups in total. The summed E-state index contributed by atoms with van der Waals surface area (Å²) in [6.07, 6.45) is 4.88. The van der Waals surface area contributed by atoms with Gasteiger partial charge in [-0.15, -0.1) is 0 Å². The fourth-order valence-corrected chi connectivity index (χ4v) is 4.10. The number of amides is 2. The zero-order valence-electron chi connectivity index (χ0n) is 17.6. The summed E-state index contributed by atoms with van der Waals surface area (Å²) in [7, 11) is 0. The normalized spacial score (nSPS) is 16.6. The van der Waals surface area contributed by atoms with Crippen LogP contribution in [0.25, 0.3) is 0 Å². The summed E-state index contributed by atoms with van der Waals surface area (Å²) in [5, 5.41) is 2.82. The van der Waals surface area contributed by atoms with Crippen molar-refractivity contribution < 1.29 is 14.0 Å². The van der Waals surface area contributed by atoms with Crippen molar-refractivity contribution in [2.75, 3.05) is 11.9 Å². The number of likely N-dealkylation sites (tertiary alicyclic amines) is 1. The number of rotatable bonds is 6. The van der Waals surface area contributed by atoms with Gasteiger partial charge in [0, 0.05) is 30.2 Å². The van der Waals surface area contributed by atoms with Crippen LogP contribution in [-0.4, -0.2) is 34.3 Å². The van der Waals surface area contributed by atoms with Gasteiger partial charge in [0.05, 0.1) is 18.5 Å². The van der Waals surface area contributed by atoms with Crippen LogP contribution in [0.15, 0.2) is 73.1 Å². The molecule has 6 nitrogen and oxygen atoms in total. The van der Waals surface area contributed by atoms with Crippen LogP contribution in [0.4, 0.5) is 10.1 Å². The van der Waals surface area contributed by atoms with Crippen LogP contribution >= 0.6 is 0 Å². The Balaban J connectivity index is 1.42. The van der Waals surface area contributed by atoms with E-state index in [1.807, 2.05) is 12.1 Å². The lowest BCUT2D eigenvalue weighted by Crippen LogP contribution is -2.42. The second kappa shape index (κ2) is 9.70. The zero-order valence-corrected chi connectivity index (χ0v) is 17.6. The number of pyridine rings is 1. The van der Waals surface area contributed by atoms with Gasteiger partial charge in [0.1, 0.15) is 5.82 Å². The van der Waals surface area contributed by atoms with Gasteiger partial charge in [0.2, 0.25) is 5.91 Å². The van der Waals surface area contributed by atoms with Gasteiger partial charge in [-0.25, -0.2) is 4.39 Å². The summed E-state index contributed by atoms with van der Waals surface area (Å²) in [6.45, 7) is 0.609. The number of nitrogens with one attached hydrogen (secondary N) is 1. The van der Waals surface area contributed by atoms with Crippen molar-refractivity contribution in [1.82, 2.24) is 9.88 Å². The summed E-state index contributed by atoms with van der Waals surface area (Å²) in [5.41, 5.74) is 8.94. The number of carbonyl (C=O) groups is 2. The van der Waals surface area contributed by atoms with Crippen molar-refractivity contribution in [3.05, 3.63) is 95.6 Å². The van der Waals surface area contributed by atoms with Gasteiger partial charge >= 0.3 is 0 Å². The summed E-state index contributed by atoms with van der Waals surface area (Å²) < 4.78 is 14.0. The number of hydrogen-bond donors (Lipinski definition) is 2. The highest BCUT2D eigenvalue weighted by Gasteiger charge is 2.33. The molecular weight excluding hydrogens is 407 g/mol. The maximum Gasteiger partial charge on any atom is 0.255 e. The maximum absolute atomic E-state index is 14.0. The average molecular weight is 432 g/mol. The predicted octanol–water partition coefficient (Wildman–Crippen LogP) is 3.71. The Morgan fingerprint density at radius 2 is 1.81 bits per heavy atom. The van der Waals surface area contributed by atoms with Crippen molar-refractivity contribution in [3.8, 4) is 0 Å². The van der Waals surface area contributed by atoms with E-state index in [9.17, 15) is 14.0 Å². The highest BCUT2D eigenvalue weighted by atomic mass is 19.1. The maximum atomic E-state index is 14.0. The monoisotopic (exact) mass is 432 g/mol. The van der Waals surface area contributed by atoms with Crippen LogP contribution in [0.5, 0.6) is 0 Å². The molecule has 2 unspecified atom stereocenters. The molecule has 1 saturated heterocycles. The minimum atomic E-state index is -0.389. The van der Waals surface area contributed by atoms with Crippen LogP contribution in [0.3, 0.4) is 0 Å². The molecule has 2 amide bonds. The Bertz CT molecular complexity index is 1090. The van der Waals surface area contributed by atoms with Crippen LogP contribution in [0.2, 0.25) is 0 Å². The second-order valence-corrected chi connectivity index (χ2v) is 7.90. The topological polar surface area (TPSA) is 88.3 Å². The SMILES string of the molecule is NC(c1ccc(C(=O)Nc2ccncc2)cc1)C1CCCN1C(=O)Cc1ccccc1F. The third-order valence-electron chi connectivity index (χ3n) is 5.83. The largest absolute Gasteiger partial charge is 0.338 e. The average Bonchev–Trinajstić information content (AvgIpc) is 3.31. The number of halogens is 1. The molecule has 1 aliphatic heterocycles. The molecule has 7 heteroatoms. The first kappa shape index (κ1) is 21.6. The van der Waals surface area contributed by atoms with E-state index in [0.29, 0.717) is 23.4 Å². The van der Waals surface area contributed by atoms with E-state index in [0.717, 1.165) is 18.4 Å². The number of benzene rings is 2. The molecule has 164 valence electrons. The molecular formula is C25H25FN4O2. The van der Waals surface area contributed by atoms with E-state index in [2.05, 4.69) is 10.3 Å². The number of hydrogen-bond acceptors (Lipinski definition) is 4. The van der Waals surface area contributed by atoms with Crippen LogP contribution in [-0.2, 0) is 11.2 Å². The molecule has 0 spiro atoms. The molecule has 2 aromatic carbocycles. The summed E-state index contributed by atoms with van der Waals surface area (Å²) in [4.78, 5) is 31.0. The fraction of sp³-hybridized carbons (Fsp3) is 0.240. The Morgan fingerprint density at radius 1 is 1.09 bits per heavy atom. The first-order valence-corrected chi connectivity index (χ1v) is 10.6. The molecule has 0 radical (unpaired) electrons. The Labute approximate surface area is 186 Å². The Kier molecular flexibility index (Phi) is 6.56. The number of aromatic nitrogens is 1. The van der Waals surface area contributed by atoms with E-state index >= 15 is 0 Å². The van der Waals surface area contributed by atoms with Crippen LogP contribution in [0.1, 0.15) is 40.4 Å². The van der Waals surface area contributed by atoms with Gasteiger partial charge in [0.15, 0.2) is 0 Å². The van der Waals surface area contributed by atoms with Gasteiger partial charge in [-0.1, -0.05) is 30.3 Å². The molecule has 32 heavy (non-hydrogen) atoms. The highest BCUT2D eigenvalue weighted by Crippen LogP contribution is 2.29. The molecule has 4 rings (SSSR count). The molecule has 0 aliphatic carbocycles. The molecule has 1 aromatic heterocycles. The lowest BCUT2D eigenvalue weighted by molar-refractivity contribution is -0.131. The van der Waals surface area contributed by atoms with E-state index in [1.54, 1.807) is 59.8 Å². The summed E-state index contributed by atoms with van der Waals surface area (Å²) in [6, 6.07) is 16.3. The predicted molar refractivity (Wildman–Crippen MR) is 120 cm³/mol. The standard InChI is InChI=1S/C25H25FN4O2/c26-21-5-2-1-4-19(21)16-23(31)30-15-3-6-22(30)24(27)17-7-9-18(10-8-17)25(32)29-20-11-13-28-14-12-20/h1-2,4-5,7-14,22,24H,3,6,15-16,27H2,(H,28,29,32).